The number of benzene rings is 4. The van der Waals surface area contributed by atoms with Crippen LogP contribution in [0.25, 0.3) is 0 Å². The lowest BCUT2D eigenvalue weighted by Gasteiger charge is -2.29. The average molecular weight is 453 g/mol. The second-order valence-corrected chi connectivity index (χ2v) is 10.3. The molecule has 33 heavy (non-hydrogen) atoms. The van der Waals surface area contributed by atoms with Crippen LogP contribution in [0.1, 0.15) is 17.0 Å². The minimum Gasteiger partial charge on any atom is -0.497 e. The maximum atomic E-state index is 14.7. The summed E-state index contributed by atoms with van der Waals surface area (Å²) in [5.74, 6) is 1.38. The van der Waals surface area contributed by atoms with Gasteiger partial charge in [-0.2, -0.15) is 0 Å². The molecule has 164 valence electrons. The van der Waals surface area contributed by atoms with Crippen LogP contribution in [-0.4, -0.2) is 19.4 Å². The molecule has 1 heterocycles. The Morgan fingerprint density at radius 2 is 1.36 bits per heavy atom. The Morgan fingerprint density at radius 1 is 0.788 bits per heavy atom. The Hall–Kier alpha value is -3.62. The highest BCUT2D eigenvalue weighted by Gasteiger charge is 2.34. The van der Waals surface area contributed by atoms with Crippen molar-refractivity contribution in [3.05, 3.63) is 120 Å². The standard InChI is InChI=1S/C28H24NO3P/c1-31-22-18-16-21(17-19-22)26-20-32-27-15-9-8-14-25(27)28(26)29-33(30,23-10-4-2-5-11-23)24-12-6-3-7-13-24/h2-19,26H,20H2,1H3/b29-28+. The van der Waals surface area contributed by atoms with Gasteiger partial charge in [-0.25, -0.2) is 4.76 Å². The van der Waals surface area contributed by atoms with E-state index in [0.29, 0.717) is 17.2 Å². The molecule has 4 nitrogen and oxygen atoms in total. The largest absolute Gasteiger partial charge is 0.497 e. The Kier molecular flexibility index (Phi) is 5.85. The van der Waals surface area contributed by atoms with Gasteiger partial charge < -0.3 is 9.47 Å². The fourth-order valence-corrected chi connectivity index (χ4v) is 6.37. The van der Waals surface area contributed by atoms with Gasteiger partial charge in [-0.15, -0.1) is 0 Å². The van der Waals surface area contributed by atoms with Crippen molar-refractivity contribution in [2.45, 2.75) is 5.92 Å². The third kappa shape index (κ3) is 4.10. The van der Waals surface area contributed by atoms with Gasteiger partial charge in [0.25, 0.3) is 0 Å². The van der Waals surface area contributed by atoms with Crippen LogP contribution in [-0.2, 0) is 4.57 Å². The predicted molar refractivity (Wildman–Crippen MR) is 134 cm³/mol. The first-order valence-electron chi connectivity index (χ1n) is 10.9. The molecule has 0 spiro atoms. The Bertz CT molecular complexity index is 1270. The van der Waals surface area contributed by atoms with Crippen molar-refractivity contribution in [3.8, 4) is 11.5 Å². The molecule has 1 atom stereocenters. The minimum atomic E-state index is -3.31. The van der Waals surface area contributed by atoms with Gasteiger partial charge in [0.05, 0.1) is 18.7 Å². The number of nitrogens with zero attached hydrogens (tertiary/aromatic N) is 1. The van der Waals surface area contributed by atoms with Crippen LogP contribution in [0.4, 0.5) is 0 Å². The molecular formula is C28H24NO3P. The second-order valence-electron chi connectivity index (χ2n) is 7.87. The van der Waals surface area contributed by atoms with Gasteiger partial charge in [-0.1, -0.05) is 60.7 Å². The summed E-state index contributed by atoms with van der Waals surface area (Å²) in [5, 5.41) is 1.42. The average Bonchev–Trinajstić information content (AvgIpc) is 2.90. The van der Waals surface area contributed by atoms with E-state index in [-0.39, 0.29) is 5.92 Å². The van der Waals surface area contributed by atoms with E-state index in [9.17, 15) is 4.57 Å². The fourth-order valence-electron chi connectivity index (χ4n) is 4.13. The SMILES string of the molecule is COc1ccc(C2COc3ccccc3/C2=N\P(=O)(c2ccccc2)c2ccccc2)cc1. The van der Waals surface area contributed by atoms with Crippen molar-refractivity contribution in [2.75, 3.05) is 13.7 Å². The van der Waals surface area contributed by atoms with Crippen LogP contribution in [0.2, 0.25) is 0 Å². The van der Waals surface area contributed by atoms with E-state index in [1.165, 1.54) is 0 Å². The molecule has 0 fully saturated rings. The lowest BCUT2D eigenvalue weighted by Crippen LogP contribution is -2.28. The number of methoxy groups -OCH3 is 1. The highest BCUT2D eigenvalue weighted by Crippen LogP contribution is 2.48. The molecule has 5 heteroatoms. The van der Waals surface area contributed by atoms with Crippen molar-refractivity contribution in [3.63, 3.8) is 0 Å². The molecule has 1 unspecified atom stereocenters. The van der Waals surface area contributed by atoms with Crippen LogP contribution in [0.15, 0.2) is 114 Å². The van der Waals surface area contributed by atoms with Crippen molar-refractivity contribution >= 4 is 23.6 Å². The number of ether oxygens (including phenoxy) is 2. The van der Waals surface area contributed by atoms with Crippen molar-refractivity contribution in [1.29, 1.82) is 0 Å². The summed E-state index contributed by atoms with van der Waals surface area (Å²) >= 11 is 0. The Labute approximate surface area is 194 Å². The lowest BCUT2D eigenvalue weighted by molar-refractivity contribution is 0.302. The summed E-state index contributed by atoms with van der Waals surface area (Å²) in [6, 6.07) is 34.8. The third-order valence-electron chi connectivity index (χ3n) is 5.88. The molecule has 0 saturated carbocycles. The summed E-state index contributed by atoms with van der Waals surface area (Å²) in [6.45, 7) is 0.422. The monoisotopic (exact) mass is 453 g/mol. The van der Waals surface area contributed by atoms with Crippen molar-refractivity contribution in [1.82, 2.24) is 0 Å². The Morgan fingerprint density at radius 3 is 1.97 bits per heavy atom. The van der Waals surface area contributed by atoms with Gasteiger partial charge in [-0.05, 0) is 54.1 Å². The number of rotatable bonds is 5. The van der Waals surface area contributed by atoms with Gasteiger partial charge in [0.1, 0.15) is 18.1 Å². The summed E-state index contributed by atoms with van der Waals surface area (Å²) < 4.78 is 31.3. The zero-order valence-electron chi connectivity index (χ0n) is 18.3. The first kappa shape index (κ1) is 21.2. The van der Waals surface area contributed by atoms with E-state index < -0.39 is 7.29 Å². The number of para-hydroxylation sites is 1. The maximum absolute atomic E-state index is 14.7. The molecule has 0 saturated heterocycles. The molecule has 4 aromatic carbocycles. The van der Waals surface area contributed by atoms with E-state index in [4.69, 9.17) is 14.2 Å². The first-order valence-corrected chi connectivity index (χ1v) is 12.5. The van der Waals surface area contributed by atoms with E-state index >= 15 is 0 Å². The van der Waals surface area contributed by atoms with E-state index in [2.05, 4.69) is 0 Å². The number of hydrogen-bond donors (Lipinski definition) is 0. The molecule has 0 bridgehead atoms. The molecule has 1 aliphatic heterocycles. The zero-order chi connectivity index (χ0) is 22.7. The van der Waals surface area contributed by atoms with Crippen molar-refractivity contribution in [2.24, 2.45) is 4.76 Å². The fraction of sp³-hybridized carbons (Fsp3) is 0.107. The molecule has 0 aliphatic carbocycles. The van der Waals surface area contributed by atoms with Crippen LogP contribution >= 0.6 is 7.29 Å². The van der Waals surface area contributed by atoms with Crippen LogP contribution in [0.3, 0.4) is 0 Å². The van der Waals surface area contributed by atoms with Gasteiger partial charge >= 0.3 is 0 Å². The topological polar surface area (TPSA) is 47.9 Å². The maximum Gasteiger partial charge on any atom is 0.247 e. The third-order valence-corrected chi connectivity index (χ3v) is 8.37. The predicted octanol–water partition coefficient (Wildman–Crippen LogP) is 5.59. The highest BCUT2D eigenvalue weighted by molar-refractivity contribution is 7.77. The van der Waals surface area contributed by atoms with Gasteiger partial charge in [0.15, 0.2) is 0 Å². The summed E-state index contributed by atoms with van der Waals surface area (Å²) in [5.41, 5.74) is 2.69. The quantitative estimate of drug-likeness (QED) is 0.370. The smallest absolute Gasteiger partial charge is 0.247 e. The minimum absolute atomic E-state index is 0.161. The molecule has 0 N–H and O–H groups in total. The summed E-state index contributed by atoms with van der Waals surface area (Å²) in [6.07, 6.45) is 0. The first-order chi connectivity index (χ1) is 16.2. The second kappa shape index (κ2) is 9.09. The molecule has 0 aromatic heterocycles. The normalized spacial score (nSPS) is 16.6. The van der Waals surface area contributed by atoms with Crippen LogP contribution < -0.4 is 20.1 Å². The highest BCUT2D eigenvalue weighted by atomic mass is 31.2. The van der Waals surface area contributed by atoms with Gasteiger partial charge in [0, 0.05) is 16.2 Å². The molecule has 4 aromatic rings. The Balaban J connectivity index is 1.73. The lowest BCUT2D eigenvalue weighted by atomic mass is 9.88. The van der Waals surface area contributed by atoms with Crippen LogP contribution in [0, 0.1) is 0 Å². The molecular weight excluding hydrogens is 429 g/mol. The number of hydrogen-bond acceptors (Lipinski definition) is 3. The van der Waals surface area contributed by atoms with Crippen LogP contribution in [0.5, 0.6) is 11.5 Å². The van der Waals surface area contributed by atoms with Gasteiger partial charge in [0.2, 0.25) is 7.29 Å². The van der Waals surface area contributed by atoms with E-state index in [1.807, 2.05) is 109 Å². The zero-order valence-corrected chi connectivity index (χ0v) is 19.2. The molecule has 1 aliphatic rings. The molecule has 0 radical (unpaired) electrons. The van der Waals surface area contributed by atoms with Gasteiger partial charge in [-0.3, -0.25) is 4.57 Å². The molecule has 0 amide bonds. The summed E-state index contributed by atoms with van der Waals surface area (Å²) in [4.78, 5) is 0. The molecule has 5 rings (SSSR count). The number of fused-ring (bicyclic) bond motifs is 1. The summed E-state index contributed by atoms with van der Waals surface area (Å²) in [7, 11) is -1.66. The van der Waals surface area contributed by atoms with E-state index in [1.54, 1.807) is 7.11 Å². The van der Waals surface area contributed by atoms with E-state index in [0.717, 1.165) is 28.3 Å². The van der Waals surface area contributed by atoms with Crippen molar-refractivity contribution < 1.29 is 14.0 Å².